The van der Waals surface area contributed by atoms with Crippen molar-refractivity contribution in [1.82, 2.24) is 5.32 Å². The SMILES string of the molecule is CCOC(=O)C(C)(CCOCCCOC)NC(C)C. The smallest absolute Gasteiger partial charge is 0.326 e. The fraction of sp³-hybridized carbons (Fsp3) is 0.929. The topological polar surface area (TPSA) is 56.8 Å². The number of methoxy groups -OCH3 is 1. The Bertz CT molecular complexity index is 246. The highest BCUT2D eigenvalue weighted by molar-refractivity contribution is 5.80. The predicted octanol–water partition coefficient (Wildman–Crippen LogP) is 1.75. The van der Waals surface area contributed by atoms with Crippen LogP contribution in [0.2, 0.25) is 0 Å². The highest BCUT2D eigenvalue weighted by Gasteiger charge is 2.34. The first-order chi connectivity index (χ1) is 8.96. The summed E-state index contributed by atoms with van der Waals surface area (Å²) in [6.45, 7) is 9.96. The number of carbonyl (C=O) groups is 1. The van der Waals surface area contributed by atoms with Gasteiger partial charge in [-0.2, -0.15) is 0 Å². The lowest BCUT2D eigenvalue weighted by molar-refractivity contribution is -0.151. The first-order valence-electron chi connectivity index (χ1n) is 6.98. The minimum atomic E-state index is -0.689. The molecule has 1 N–H and O–H groups in total. The second-order valence-electron chi connectivity index (χ2n) is 5.06. The quantitative estimate of drug-likeness (QED) is 0.460. The zero-order valence-corrected chi connectivity index (χ0v) is 13.0. The van der Waals surface area contributed by atoms with Crippen LogP contribution in [0, 0.1) is 0 Å². The number of esters is 1. The van der Waals surface area contributed by atoms with Crippen LogP contribution < -0.4 is 5.32 Å². The summed E-state index contributed by atoms with van der Waals surface area (Å²) < 4.78 is 15.6. The summed E-state index contributed by atoms with van der Waals surface area (Å²) in [6, 6.07) is 0.211. The number of carbonyl (C=O) groups excluding carboxylic acids is 1. The van der Waals surface area contributed by atoms with Gasteiger partial charge in [0.05, 0.1) is 6.61 Å². The van der Waals surface area contributed by atoms with E-state index < -0.39 is 5.54 Å². The summed E-state index contributed by atoms with van der Waals surface area (Å²) in [5.41, 5.74) is -0.689. The van der Waals surface area contributed by atoms with Crippen LogP contribution >= 0.6 is 0 Å². The molecule has 0 aromatic carbocycles. The Morgan fingerprint density at radius 2 is 1.95 bits per heavy atom. The Labute approximate surface area is 117 Å². The van der Waals surface area contributed by atoms with Crippen LogP contribution in [0.5, 0.6) is 0 Å². The predicted molar refractivity (Wildman–Crippen MR) is 75.2 cm³/mol. The molecule has 5 nitrogen and oxygen atoms in total. The molecule has 0 aliphatic rings. The molecule has 0 radical (unpaired) electrons. The van der Waals surface area contributed by atoms with E-state index in [9.17, 15) is 4.79 Å². The third-order valence-electron chi connectivity index (χ3n) is 2.72. The summed E-state index contributed by atoms with van der Waals surface area (Å²) in [5.74, 6) is -0.218. The largest absolute Gasteiger partial charge is 0.465 e. The number of hydrogen-bond donors (Lipinski definition) is 1. The maximum Gasteiger partial charge on any atom is 0.326 e. The van der Waals surface area contributed by atoms with Gasteiger partial charge >= 0.3 is 5.97 Å². The summed E-state index contributed by atoms with van der Waals surface area (Å²) in [4.78, 5) is 12.0. The lowest BCUT2D eigenvalue weighted by atomic mass is 9.97. The monoisotopic (exact) mass is 275 g/mol. The van der Waals surface area contributed by atoms with Crippen LogP contribution in [0.1, 0.15) is 40.5 Å². The van der Waals surface area contributed by atoms with Gasteiger partial charge in [0, 0.05) is 33.0 Å². The van der Waals surface area contributed by atoms with Gasteiger partial charge in [-0.1, -0.05) is 0 Å². The third kappa shape index (κ3) is 8.18. The molecule has 0 saturated carbocycles. The lowest BCUT2D eigenvalue weighted by Crippen LogP contribution is -2.53. The van der Waals surface area contributed by atoms with Crippen LogP contribution in [-0.4, -0.2) is 51.1 Å². The molecule has 0 aromatic rings. The first kappa shape index (κ1) is 18.4. The first-order valence-corrected chi connectivity index (χ1v) is 6.98. The molecule has 0 amide bonds. The van der Waals surface area contributed by atoms with Crippen molar-refractivity contribution >= 4 is 5.97 Å². The van der Waals surface area contributed by atoms with Crippen molar-refractivity contribution < 1.29 is 19.0 Å². The van der Waals surface area contributed by atoms with Crippen molar-refractivity contribution in [1.29, 1.82) is 0 Å². The van der Waals surface area contributed by atoms with Gasteiger partial charge in [-0.05, 0) is 40.5 Å². The number of rotatable bonds is 11. The van der Waals surface area contributed by atoms with Crippen molar-refractivity contribution in [2.75, 3.05) is 33.5 Å². The van der Waals surface area contributed by atoms with Crippen molar-refractivity contribution in [3.8, 4) is 0 Å². The van der Waals surface area contributed by atoms with E-state index in [4.69, 9.17) is 14.2 Å². The van der Waals surface area contributed by atoms with Crippen molar-refractivity contribution in [2.45, 2.75) is 52.1 Å². The minimum absolute atomic E-state index is 0.211. The summed E-state index contributed by atoms with van der Waals surface area (Å²) in [5, 5.41) is 3.26. The third-order valence-corrected chi connectivity index (χ3v) is 2.72. The van der Waals surface area contributed by atoms with Gasteiger partial charge in [0.25, 0.3) is 0 Å². The molecule has 0 aliphatic heterocycles. The Kier molecular flexibility index (Phi) is 9.83. The van der Waals surface area contributed by atoms with Gasteiger partial charge in [-0.25, -0.2) is 0 Å². The molecule has 0 rings (SSSR count). The normalized spacial score (nSPS) is 14.4. The van der Waals surface area contributed by atoms with Crippen molar-refractivity contribution in [3.05, 3.63) is 0 Å². The summed E-state index contributed by atoms with van der Waals surface area (Å²) in [7, 11) is 1.67. The van der Waals surface area contributed by atoms with Gasteiger partial charge in [-0.15, -0.1) is 0 Å². The zero-order chi connectivity index (χ0) is 14.7. The molecule has 5 heteroatoms. The molecule has 19 heavy (non-hydrogen) atoms. The van der Waals surface area contributed by atoms with Crippen LogP contribution in [-0.2, 0) is 19.0 Å². The molecule has 0 saturated heterocycles. The molecule has 114 valence electrons. The second-order valence-corrected chi connectivity index (χ2v) is 5.06. The fourth-order valence-electron chi connectivity index (χ4n) is 1.84. The van der Waals surface area contributed by atoms with E-state index in [1.807, 2.05) is 27.7 Å². The van der Waals surface area contributed by atoms with Gasteiger partial charge in [-0.3, -0.25) is 10.1 Å². The van der Waals surface area contributed by atoms with Crippen LogP contribution in [0.3, 0.4) is 0 Å². The van der Waals surface area contributed by atoms with Gasteiger partial charge < -0.3 is 14.2 Å². The summed E-state index contributed by atoms with van der Waals surface area (Å²) in [6.07, 6.45) is 1.46. The Balaban J connectivity index is 4.16. The highest BCUT2D eigenvalue weighted by Crippen LogP contribution is 2.14. The molecular formula is C14H29NO4. The zero-order valence-electron chi connectivity index (χ0n) is 13.0. The van der Waals surface area contributed by atoms with E-state index in [-0.39, 0.29) is 12.0 Å². The molecule has 0 bridgehead atoms. The van der Waals surface area contributed by atoms with Gasteiger partial charge in [0.2, 0.25) is 0 Å². The van der Waals surface area contributed by atoms with Crippen LogP contribution in [0.25, 0.3) is 0 Å². The molecule has 0 aromatic heterocycles. The van der Waals surface area contributed by atoms with Crippen LogP contribution in [0.15, 0.2) is 0 Å². The van der Waals surface area contributed by atoms with E-state index in [2.05, 4.69) is 5.32 Å². The maximum atomic E-state index is 12.0. The second kappa shape index (κ2) is 10.2. The maximum absolute atomic E-state index is 12.0. The van der Waals surface area contributed by atoms with Crippen molar-refractivity contribution in [3.63, 3.8) is 0 Å². The van der Waals surface area contributed by atoms with E-state index >= 15 is 0 Å². The summed E-state index contributed by atoms with van der Waals surface area (Å²) >= 11 is 0. The molecule has 1 atom stereocenters. The molecule has 0 spiro atoms. The Morgan fingerprint density at radius 3 is 2.47 bits per heavy atom. The standard InChI is InChI=1S/C14H29NO4/c1-6-19-13(16)14(4,15-12(2)3)8-11-18-10-7-9-17-5/h12,15H,6-11H2,1-5H3. The van der Waals surface area contributed by atoms with E-state index in [0.717, 1.165) is 6.42 Å². The molecular weight excluding hydrogens is 246 g/mol. The number of ether oxygens (including phenoxy) is 3. The van der Waals surface area contributed by atoms with Gasteiger partial charge in [0.1, 0.15) is 5.54 Å². The Hall–Kier alpha value is -0.650. The highest BCUT2D eigenvalue weighted by atomic mass is 16.5. The molecule has 0 heterocycles. The minimum Gasteiger partial charge on any atom is -0.465 e. The molecule has 1 unspecified atom stereocenters. The lowest BCUT2D eigenvalue weighted by Gasteiger charge is -2.30. The number of nitrogens with one attached hydrogen (secondary N) is 1. The average Bonchev–Trinajstić information content (AvgIpc) is 2.33. The number of hydrogen-bond acceptors (Lipinski definition) is 5. The Morgan fingerprint density at radius 1 is 1.26 bits per heavy atom. The van der Waals surface area contributed by atoms with E-state index in [0.29, 0.717) is 32.8 Å². The van der Waals surface area contributed by atoms with Crippen molar-refractivity contribution in [2.24, 2.45) is 0 Å². The van der Waals surface area contributed by atoms with E-state index in [1.54, 1.807) is 7.11 Å². The molecule has 0 aliphatic carbocycles. The molecule has 0 fully saturated rings. The van der Waals surface area contributed by atoms with Crippen LogP contribution in [0.4, 0.5) is 0 Å². The fourth-order valence-corrected chi connectivity index (χ4v) is 1.84. The van der Waals surface area contributed by atoms with Gasteiger partial charge in [0.15, 0.2) is 0 Å². The average molecular weight is 275 g/mol. The van der Waals surface area contributed by atoms with E-state index in [1.165, 1.54) is 0 Å².